The molecule has 3 rings (SSSR count). The van der Waals surface area contributed by atoms with Crippen LogP contribution in [0.25, 0.3) is 0 Å². The van der Waals surface area contributed by atoms with Gasteiger partial charge in [-0.05, 0) is 24.0 Å². The minimum atomic E-state index is -0.204. The molecule has 2 N–H and O–H groups in total. The molecular weight excluding hydrogens is 286 g/mol. The molecule has 1 aliphatic carbocycles. The van der Waals surface area contributed by atoms with Crippen molar-refractivity contribution in [3.8, 4) is 0 Å². The molecule has 6 heteroatoms. The highest BCUT2D eigenvalue weighted by molar-refractivity contribution is 7.14. The molecule has 1 heterocycles. The van der Waals surface area contributed by atoms with E-state index in [4.69, 9.17) is 0 Å². The fraction of sp³-hybridized carbons (Fsp3) is 0.267. The number of benzene rings is 1. The summed E-state index contributed by atoms with van der Waals surface area (Å²) in [6.45, 7) is 1.41. The molecular formula is C15H15N3O2S. The lowest BCUT2D eigenvalue weighted by molar-refractivity contribution is -0.114. The van der Waals surface area contributed by atoms with Gasteiger partial charge in [-0.25, -0.2) is 4.98 Å². The molecule has 1 aromatic carbocycles. The van der Waals surface area contributed by atoms with Crippen molar-refractivity contribution in [2.45, 2.75) is 25.8 Å². The summed E-state index contributed by atoms with van der Waals surface area (Å²) >= 11 is 1.25. The number of aryl methyl sites for hydroxylation is 1. The molecule has 0 saturated carbocycles. The lowest BCUT2D eigenvalue weighted by Crippen LogP contribution is -2.27. The van der Waals surface area contributed by atoms with Gasteiger partial charge in [0, 0.05) is 12.3 Å². The van der Waals surface area contributed by atoms with Gasteiger partial charge in [0.1, 0.15) is 5.69 Å². The fourth-order valence-corrected chi connectivity index (χ4v) is 3.26. The smallest absolute Gasteiger partial charge is 0.271 e. The van der Waals surface area contributed by atoms with Gasteiger partial charge in [-0.3, -0.25) is 9.59 Å². The number of thiazole rings is 1. The maximum Gasteiger partial charge on any atom is 0.271 e. The molecule has 21 heavy (non-hydrogen) atoms. The maximum atomic E-state index is 12.2. The van der Waals surface area contributed by atoms with Crippen molar-refractivity contribution in [2.75, 3.05) is 5.32 Å². The van der Waals surface area contributed by atoms with E-state index in [1.165, 1.54) is 29.4 Å². The van der Waals surface area contributed by atoms with Crippen molar-refractivity contribution < 1.29 is 9.59 Å². The van der Waals surface area contributed by atoms with E-state index < -0.39 is 0 Å². The topological polar surface area (TPSA) is 71.1 Å². The summed E-state index contributed by atoms with van der Waals surface area (Å²) in [6, 6.07) is 8.19. The standard InChI is InChI=1S/C15H15N3O2S/c1-9(19)16-15-18-13(8-21-15)14(20)17-12-7-6-10-4-2-3-5-11(10)12/h2-5,8,12H,6-7H2,1H3,(H,17,20)(H,16,18,19)/t12-/m1/s1. The number of nitrogens with zero attached hydrogens (tertiary/aromatic N) is 1. The second kappa shape index (κ2) is 5.65. The highest BCUT2D eigenvalue weighted by atomic mass is 32.1. The molecule has 2 amide bonds. The number of fused-ring (bicyclic) bond motifs is 1. The molecule has 0 fully saturated rings. The van der Waals surface area contributed by atoms with Crippen LogP contribution in [-0.4, -0.2) is 16.8 Å². The van der Waals surface area contributed by atoms with Gasteiger partial charge in [0.2, 0.25) is 5.91 Å². The van der Waals surface area contributed by atoms with E-state index in [1.807, 2.05) is 12.1 Å². The van der Waals surface area contributed by atoms with Crippen LogP contribution in [0.5, 0.6) is 0 Å². The Morgan fingerprint density at radius 2 is 2.14 bits per heavy atom. The Bertz CT molecular complexity index is 696. The third-order valence-electron chi connectivity index (χ3n) is 3.46. The van der Waals surface area contributed by atoms with Gasteiger partial charge >= 0.3 is 0 Å². The van der Waals surface area contributed by atoms with Crippen LogP contribution >= 0.6 is 11.3 Å². The Balaban J connectivity index is 1.70. The predicted octanol–water partition coefficient (Wildman–Crippen LogP) is 2.52. The predicted molar refractivity (Wildman–Crippen MR) is 81.4 cm³/mol. The second-order valence-corrected chi connectivity index (χ2v) is 5.84. The Morgan fingerprint density at radius 1 is 1.33 bits per heavy atom. The van der Waals surface area contributed by atoms with Crippen LogP contribution in [0.2, 0.25) is 0 Å². The van der Waals surface area contributed by atoms with E-state index in [2.05, 4.69) is 27.8 Å². The van der Waals surface area contributed by atoms with E-state index in [0.717, 1.165) is 12.8 Å². The maximum absolute atomic E-state index is 12.2. The summed E-state index contributed by atoms with van der Waals surface area (Å²) in [4.78, 5) is 27.3. The average molecular weight is 301 g/mol. The zero-order chi connectivity index (χ0) is 14.8. The van der Waals surface area contributed by atoms with Crippen molar-refractivity contribution in [2.24, 2.45) is 0 Å². The number of aromatic nitrogens is 1. The zero-order valence-corrected chi connectivity index (χ0v) is 12.4. The summed E-state index contributed by atoms with van der Waals surface area (Å²) < 4.78 is 0. The first-order valence-corrected chi connectivity index (χ1v) is 7.63. The number of hydrogen-bond acceptors (Lipinski definition) is 4. The number of hydrogen-bond donors (Lipinski definition) is 2. The van der Waals surface area contributed by atoms with Crippen LogP contribution in [0.15, 0.2) is 29.6 Å². The summed E-state index contributed by atoms with van der Waals surface area (Å²) in [5.41, 5.74) is 2.82. The van der Waals surface area contributed by atoms with Crippen LogP contribution in [-0.2, 0) is 11.2 Å². The number of amides is 2. The normalized spacial score (nSPS) is 16.3. The average Bonchev–Trinajstić information content (AvgIpc) is 3.06. The van der Waals surface area contributed by atoms with E-state index in [1.54, 1.807) is 5.38 Å². The SMILES string of the molecule is CC(=O)Nc1nc(C(=O)N[C@@H]2CCc3ccccc32)cs1. The molecule has 5 nitrogen and oxygen atoms in total. The van der Waals surface area contributed by atoms with Crippen LogP contribution < -0.4 is 10.6 Å². The van der Waals surface area contributed by atoms with E-state index >= 15 is 0 Å². The highest BCUT2D eigenvalue weighted by Gasteiger charge is 2.24. The molecule has 2 aromatic rings. The van der Waals surface area contributed by atoms with Crippen molar-refractivity contribution in [1.29, 1.82) is 0 Å². The molecule has 0 saturated heterocycles. The summed E-state index contributed by atoms with van der Waals surface area (Å²) in [5.74, 6) is -0.398. The van der Waals surface area contributed by atoms with Crippen molar-refractivity contribution in [3.05, 3.63) is 46.5 Å². The number of anilines is 1. The van der Waals surface area contributed by atoms with Gasteiger partial charge < -0.3 is 10.6 Å². The Labute approximate surface area is 126 Å². The van der Waals surface area contributed by atoms with Crippen molar-refractivity contribution in [3.63, 3.8) is 0 Å². The monoisotopic (exact) mass is 301 g/mol. The number of carbonyl (C=O) groups excluding carboxylic acids is 2. The lowest BCUT2D eigenvalue weighted by Gasteiger charge is -2.12. The van der Waals surface area contributed by atoms with Gasteiger partial charge in [0.15, 0.2) is 5.13 Å². The van der Waals surface area contributed by atoms with Crippen LogP contribution in [0.1, 0.15) is 41.0 Å². The van der Waals surface area contributed by atoms with Gasteiger partial charge in [-0.2, -0.15) is 0 Å². The molecule has 0 unspecified atom stereocenters. The van der Waals surface area contributed by atoms with Gasteiger partial charge in [-0.15, -0.1) is 11.3 Å². The molecule has 1 aliphatic rings. The fourth-order valence-electron chi connectivity index (χ4n) is 2.53. The third-order valence-corrected chi connectivity index (χ3v) is 4.22. The largest absolute Gasteiger partial charge is 0.344 e. The highest BCUT2D eigenvalue weighted by Crippen LogP contribution is 2.31. The van der Waals surface area contributed by atoms with Crippen molar-refractivity contribution >= 4 is 28.3 Å². The molecule has 0 aliphatic heterocycles. The first kappa shape index (κ1) is 13.8. The molecule has 0 spiro atoms. The van der Waals surface area contributed by atoms with Crippen molar-refractivity contribution in [1.82, 2.24) is 10.3 Å². The van der Waals surface area contributed by atoms with Crippen LogP contribution in [0, 0.1) is 0 Å². The van der Waals surface area contributed by atoms with E-state index in [9.17, 15) is 9.59 Å². The summed E-state index contributed by atoms with van der Waals surface area (Å²) in [6.07, 6.45) is 1.89. The molecule has 0 bridgehead atoms. The molecule has 108 valence electrons. The lowest BCUT2D eigenvalue weighted by atomic mass is 10.1. The van der Waals surface area contributed by atoms with Gasteiger partial charge in [-0.1, -0.05) is 24.3 Å². The zero-order valence-electron chi connectivity index (χ0n) is 11.6. The van der Waals surface area contributed by atoms with E-state index in [0.29, 0.717) is 10.8 Å². The Hall–Kier alpha value is -2.21. The van der Waals surface area contributed by atoms with Gasteiger partial charge in [0.05, 0.1) is 6.04 Å². The summed E-state index contributed by atoms with van der Waals surface area (Å²) in [5, 5.41) is 7.69. The Kier molecular flexibility index (Phi) is 3.70. The minimum absolute atomic E-state index is 0.0413. The first-order chi connectivity index (χ1) is 10.1. The molecule has 0 radical (unpaired) electrons. The van der Waals surface area contributed by atoms with E-state index in [-0.39, 0.29) is 17.9 Å². The number of rotatable bonds is 3. The quantitative estimate of drug-likeness (QED) is 0.915. The first-order valence-electron chi connectivity index (χ1n) is 6.75. The Morgan fingerprint density at radius 3 is 2.95 bits per heavy atom. The van der Waals surface area contributed by atoms with Gasteiger partial charge in [0.25, 0.3) is 5.91 Å². The van der Waals surface area contributed by atoms with Crippen LogP contribution in [0.4, 0.5) is 5.13 Å². The number of carbonyl (C=O) groups is 2. The summed E-state index contributed by atoms with van der Waals surface area (Å²) in [7, 11) is 0. The second-order valence-electron chi connectivity index (χ2n) is 4.98. The third kappa shape index (κ3) is 2.95. The minimum Gasteiger partial charge on any atom is -0.344 e. The van der Waals surface area contributed by atoms with Crippen LogP contribution in [0.3, 0.4) is 0 Å². The molecule has 1 atom stereocenters. The number of nitrogens with one attached hydrogen (secondary N) is 2. The molecule has 1 aromatic heterocycles.